The first-order valence-electron chi connectivity index (χ1n) is 8.66. The number of oxazole rings is 1. The molecule has 0 saturated carbocycles. The molecule has 3 aromatic carbocycles. The van der Waals surface area contributed by atoms with Crippen LogP contribution in [-0.4, -0.2) is 22.6 Å². The Hall–Kier alpha value is -2.74. The first-order chi connectivity index (χ1) is 14.4. The molecule has 0 radical (unpaired) electrons. The van der Waals surface area contributed by atoms with Gasteiger partial charge in [0.2, 0.25) is 5.89 Å². The van der Waals surface area contributed by atoms with Crippen LogP contribution in [0.3, 0.4) is 0 Å². The van der Waals surface area contributed by atoms with Gasteiger partial charge in [0.15, 0.2) is 12.2 Å². The lowest BCUT2D eigenvalue weighted by Gasteiger charge is -2.09. The smallest absolute Gasteiger partial charge is 0.262 e. The number of hydrogen-bond donors (Lipinski definition) is 2. The number of rotatable bonds is 5. The molecule has 0 aliphatic carbocycles. The molecule has 30 heavy (non-hydrogen) atoms. The number of phenolic OH excluding ortho intramolecular Hbond substituents is 1. The van der Waals surface area contributed by atoms with Crippen molar-refractivity contribution in [1.82, 2.24) is 4.98 Å². The predicted octanol–water partition coefficient (Wildman–Crippen LogP) is 6.29. The van der Waals surface area contributed by atoms with E-state index in [2.05, 4.69) is 26.2 Å². The van der Waals surface area contributed by atoms with Crippen molar-refractivity contribution >= 4 is 61.8 Å². The summed E-state index contributed by atoms with van der Waals surface area (Å²) < 4.78 is 11.7. The third-order valence-electron chi connectivity index (χ3n) is 4.12. The molecule has 0 spiro atoms. The van der Waals surface area contributed by atoms with E-state index in [1.807, 2.05) is 0 Å². The van der Waals surface area contributed by atoms with Gasteiger partial charge in [0.05, 0.1) is 9.50 Å². The molecule has 4 aromatic rings. The Bertz CT molecular complexity index is 1260. The highest BCUT2D eigenvalue weighted by molar-refractivity contribution is 9.10. The molecule has 0 fully saturated rings. The van der Waals surface area contributed by atoms with Gasteiger partial charge in [-0.1, -0.05) is 23.2 Å². The van der Waals surface area contributed by atoms with Crippen LogP contribution in [0, 0.1) is 0 Å². The molecule has 1 amide bonds. The van der Waals surface area contributed by atoms with E-state index in [1.54, 1.807) is 54.6 Å². The molecule has 0 unspecified atom stereocenters. The summed E-state index contributed by atoms with van der Waals surface area (Å²) in [7, 11) is 0. The molecular weight excluding hydrogens is 495 g/mol. The maximum Gasteiger partial charge on any atom is 0.262 e. The summed E-state index contributed by atoms with van der Waals surface area (Å²) in [5.74, 6) is 0.538. The SMILES string of the molecule is O=C(COc1ccc(Cl)cc1Cl)Nc1ccc2oc(-c3ccc(O)c(Br)c3)nc2c1. The number of benzene rings is 3. The van der Waals surface area contributed by atoms with Crippen LogP contribution in [0.2, 0.25) is 10.0 Å². The van der Waals surface area contributed by atoms with E-state index >= 15 is 0 Å². The average molecular weight is 508 g/mol. The summed E-state index contributed by atoms with van der Waals surface area (Å²) >= 11 is 15.1. The fourth-order valence-corrected chi connectivity index (χ4v) is 3.54. The lowest BCUT2D eigenvalue weighted by atomic mass is 10.2. The van der Waals surface area contributed by atoms with Crippen LogP contribution < -0.4 is 10.1 Å². The molecule has 0 aliphatic heterocycles. The number of hydrogen-bond acceptors (Lipinski definition) is 5. The number of fused-ring (bicyclic) bond motifs is 1. The minimum Gasteiger partial charge on any atom is -0.507 e. The quantitative estimate of drug-likeness (QED) is 0.331. The number of nitrogens with zero attached hydrogens (tertiary/aromatic N) is 1. The van der Waals surface area contributed by atoms with Crippen molar-refractivity contribution in [2.24, 2.45) is 0 Å². The highest BCUT2D eigenvalue weighted by Crippen LogP contribution is 2.32. The minimum absolute atomic E-state index is 0.127. The normalized spacial score (nSPS) is 10.9. The van der Waals surface area contributed by atoms with Crippen molar-refractivity contribution in [1.29, 1.82) is 0 Å². The van der Waals surface area contributed by atoms with E-state index < -0.39 is 0 Å². The van der Waals surface area contributed by atoms with Crippen LogP contribution in [0.4, 0.5) is 5.69 Å². The van der Waals surface area contributed by atoms with Crippen LogP contribution in [0.15, 0.2) is 63.5 Å². The van der Waals surface area contributed by atoms with Gasteiger partial charge in [-0.2, -0.15) is 0 Å². The van der Waals surface area contributed by atoms with E-state index in [9.17, 15) is 9.90 Å². The van der Waals surface area contributed by atoms with Crippen molar-refractivity contribution in [2.45, 2.75) is 0 Å². The minimum atomic E-state index is -0.355. The Kier molecular flexibility index (Phi) is 5.85. The topological polar surface area (TPSA) is 84.6 Å². The Morgan fingerprint density at radius 1 is 1.13 bits per heavy atom. The third kappa shape index (κ3) is 4.53. The Morgan fingerprint density at radius 2 is 1.97 bits per heavy atom. The van der Waals surface area contributed by atoms with E-state index in [0.717, 1.165) is 0 Å². The first-order valence-corrected chi connectivity index (χ1v) is 10.2. The van der Waals surface area contributed by atoms with Crippen molar-refractivity contribution in [3.63, 3.8) is 0 Å². The Morgan fingerprint density at radius 3 is 2.73 bits per heavy atom. The number of aromatic hydroxyl groups is 1. The molecule has 0 aliphatic rings. The first kappa shape index (κ1) is 20.5. The largest absolute Gasteiger partial charge is 0.507 e. The fourth-order valence-electron chi connectivity index (χ4n) is 2.70. The molecule has 2 N–H and O–H groups in total. The number of nitrogens with one attached hydrogen (secondary N) is 1. The second kappa shape index (κ2) is 8.55. The van der Waals surface area contributed by atoms with Gasteiger partial charge in [0.25, 0.3) is 5.91 Å². The highest BCUT2D eigenvalue weighted by atomic mass is 79.9. The van der Waals surface area contributed by atoms with Crippen LogP contribution in [0.1, 0.15) is 0 Å². The van der Waals surface area contributed by atoms with Crippen LogP contribution in [0.5, 0.6) is 11.5 Å². The van der Waals surface area contributed by atoms with Gasteiger partial charge in [-0.15, -0.1) is 0 Å². The molecule has 0 bridgehead atoms. The number of phenols is 1. The fraction of sp³-hybridized carbons (Fsp3) is 0.0476. The molecule has 1 aromatic heterocycles. The van der Waals surface area contributed by atoms with Gasteiger partial charge in [-0.3, -0.25) is 4.79 Å². The maximum absolute atomic E-state index is 12.2. The van der Waals surface area contributed by atoms with E-state index in [1.165, 1.54) is 0 Å². The van der Waals surface area contributed by atoms with Gasteiger partial charge in [0, 0.05) is 16.3 Å². The average Bonchev–Trinajstić information content (AvgIpc) is 3.13. The lowest BCUT2D eigenvalue weighted by Crippen LogP contribution is -2.20. The van der Waals surface area contributed by atoms with Crippen molar-refractivity contribution in [2.75, 3.05) is 11.9 Å². The zero-order valence-corrected chi connectivity index (χ0v) is 18.3. The van der Waals surface area contributed by atoms with E-state index in [0.29, 0.717) is 48.5 Å². The van der Waals surface area contributed by atoms with Gasteiger partial charge in [0.1, 0.15) is 17.0 Å². The van der Waals surface area contributed by atoms with E-state index in [4.69, 9.17) is 32.4 Å². The third-order valence-corrected chi connectivity index (χ3v) is 5.28. The molecule has 6 nitrogen and oxygen atoms in total. The number of ether oxygens (including phenoxy) is 1. The Balaban J connectivity index is 1.46. The summed E-state index contributed by atoms with van der Waals surface area (Å²) in [6.07, 6.45) is 0. The number of aromatic nitrogens is 1. The number of anilines is 1. The molecule has 1 heterocycles. The molecule has 152 valence electrons. The molecular formula is C21H13BrCl2N2O4. The number of halogens is 3. The van der Waals surface area contributed by atoms with Crippen LogP contribution >= 0.6 is 39.1 Å². The molecule has 4 rings (SSSR count). The van der Waals surface area contributed by atoms with Gasteiger partial charge >= 0.3 is 0 Å². The lowest BCUT2D eigenvalue weighted by molar-refractivity contribution is -0.118. The summed E-state index contributed by atoms with van der Waals surface area (Å²) in [6, 6.07) is 14.8. The van der Waals surface area contributed by atoms with Gasteiger partial charge in [-0.25, -0.2) is 4.98 Å². The van der Waals surface area contributed by atoms with E-state index in [-0.39, 0.29) is 18.3 Å². The summed E-state index contributed by atoms with van der Waals surface area (Å²) in [4.78, 5) is 16.7. The van der Waals surface area contributed by atoms with Crippen molar-refractivity contribution < 1.29 is 19.1 Å². The number of carbonyl (C=O) groups excluding carboxylic acids is 1. The predicted molar refractivity (Wildman–Crippen MR) is 119 cm³/mol. The van der Waals surface area contributed by atoms with Crippen LogP contribution in [0.25, 0.3) is 22.6 Å². The monoisotopic (exact) mass is 506 g/mol. The second-order valence-corrected chi connectivity index (χ2v) is 7.98. The maximum atomic E-state index is 12.2. The standard InChI is InChI=1S/C21H13BrCl2N2O4/c22-14-7-11(1-4-17(14)27)21-26-16-9-13(3-6-19(16)30-21)25-20(28)10-29-18-5-2-12(23)8-15(18)24/h1-9,27H,10H2,(H,25,28). The van der Waals surface area contributed by atoms with Gasteiger partial charge in [-0.05, 0) is 70.5 Å². The van der Waals surface area contributed by atoms with Crippen LogP contribution in [-0.2, 0) is 4.79 Å². The molecule has 9 heteroatoms. The van der Waals surface area contributed by atoms with Crippen molar-refractivity contribution in [3.05, 3.63) is 69.1 Å². The van der Waals surface area contributed by atoms with Crippen molar-refractivity contribution in [3.8, 4) is 23.0 Å². The highest BCUT2D eigenvalue weighted by Gasteiger charge is 2.12. The second-order valence-electron chi connectivity index (χ2n) is 6.28. The Labute approximate surface area is 189 Å². The number of amides is 1. The number of carbonyl (C=O) groups is 1. The molecule has 0 atom stereocenters. The summed E-state index contributed by atoms with van der Waals surface area (Å²) in [5.41, 5.74) is 2.39. The zero-order valence-electron chi connectivity index (χ0n) is 15.2. The zero-order chi connectivity index (χ0) is 21.3. The van der Waals surface area contributed by atoms with Gasteiger partial charge < -0.3 is 19.6 Å². The summed E-state index contributed by atoms with van der Waals surface area (Å²) in [5, 5.41) is 13.2. The molecule has 0 saturated heterocycles. The summed E-state index contributed by atoms with van der Waals surface area (Å²) in [6.45, 7) is -0.217.